The van der Waals surface area contributed by atoms with Crippen LogP contribution in [0, 0.1) is 0 Å². The van der Waals surface area contributed by atoms with Crippen LogP contribution in [0.1, 0.15) is 17.5 Å². The van der Waals surface area contributed by atoms with Crippen LogP contribution in [0.5, 0.6) is 0 Å². The Kier molecular flexibility index (Phi) is 5.44. The van der Waals surface area contributed by atoms with Crippen LogP contribution < -0.4 is 0 Å². The fourth-order valence-electron chi connectivity index (χ4n) is 2.67. The quantitative estimate of drug-likeness (QED) is 0.620. The van der Waals surface area contributed by atoms with Gasteiger partial charge in [-0.3, -0.25) is 4.79 Å². The van der Waals surface area contributed by atoms with Crippen LogP contribution in [0.4, 0.5) is 0 Å². The van der Waals surface area contributed by atoms with Crippen molar-refractivity contribution in [3.63, 3.8) is 0 Å². The highest BCUT2D eigenvalue weighted by molar-refractivity contribution is 7.07. The summed E-state index contributed by atoms with van der Waals surface area (Å²) in [6.07, 6.45) is 1.38. The zero-order valence-electron chi connectivity index (χ0n) is 13.8. The molecule has 0 bridgehead atoms. The average molecular weight is 335 g/mol. The van der Waals surface area contributed by atoms with Crippen LogP contribution in [-0.2, 0) is 17.8 Å². The molecule has 1 aromatic heterocycles. The Morgan fingerprint density at radius 3 is 2.29 bits per heavy atom. The van der Waals surface area contributed by atoms with Crippen LogP contribution in [0.25, 0.3) is 11.1 Å². The molecule has 0 aliphatic heterocycles. The maximum absolute atomic E-state index is 12.3. The van der Waals surface area contributed by atoms with Crippen LogP contribution in [0.15, 0.2) is 71.4 Å². The van der Waals surface area contributed by atoms with E-state index in [1.165, 1.54) is 16.7 Å². The Morgan fingerprint density at radius 2 is 1.62 bits per heavy atom. The summed E-state index contributed by atoms with van der Waals surface area (Å²) in [5.74, 6) is 0.188. The molecule has 2 nitrogen and oxygen atoms in total. The first-order valence-electron chi connectivity index (χ1n) is 8.12. The van der Waals surface area contributed by atoms with E-state index in [-0.39, 0.29) is 5.91 Å². The summed E-state index contributed by atoms with van der Waals surface area (Å²) in [4.78, 5) is 14.1. The van der Waals surface area contributed by atoms with E-state index >= 15 is 0 Å². The lowest BCUT2D eigenvalue weighted by atomic mass is 10.0. The lowest BCUT2D eigenvalue weighted by Crippen LogP contribution is -2.26. The predicted octanol–water partition coefficient (Wildman–Crippen LogP) is 5.01. The highest BCUT2D eigenvalue weighted by atomic mass is 32.1. The van der Waals surface area contributed by atoms with Crippen molar-refractivity contribution in [2.24, 2.45) is 0 Å². The average Bonchev–Trinajstić information content (AvgIpc) is 3.14. The van der Waals surface area contributed by atoms with Crippen molar-refractivity contribution in [1.82, 2.24) is 4.90 Å². The summed E-state index contributed by atoms with van der Waals surface area (Å²) in [6.45, 7) is 0.650. The zero-order valence-corrected chi connectivity index (χ0v) is 14.6. The SMILES string of the molecule is CN(Cc1ccc(-c2ccccc2)cc1)C(=O)CCc1ccsc1. The van der Waals surface area contributed by atoms with E-state index in [1.807, 2.05) is 30.1 Å². The monoisotopic (exact) mass is 335 g/mol. The van der Waals surface area contributed by atoms with Crippen LogP contribution >= 0.6 is 11.3 Å². The minimum absolute atomic E-state index is 0.188. The lowest BCUT2D eigenvalue weighted by Gasteiger charge is -2.17. The van der Waals surface area contributed by atoms with Crippen molar-refractivity contribution in [1.29, 1.82) is 0 Å². The van der Waals surface area contributed by atoms with Crippen molar-refractivity contribution >= 4 is 17.2 Å². The van der Waals surface area contributed by atoms with Crippen molar-refractivity contribution < 1.29 is 4.79 Å². The molecule has 1 heterocycles. The first kappa shape index (κ1) is 16.5. The van der Waals surface area contributed by atoms with Gasteiger partial charge in [0.25, 0.3) is 0 Å². The second-order valence-corrected chi connectivity index (χ2v) is 6.72. The summed E-state index contributed by atoms with van der Waals surface area (Å²) in [7, 11) is 1.88. The number of hydrogen-bond acceptors (Lipinski definition) is 2. The molecule has 0 saturated carbocycles. The largest absolute Gasteiger partial charge is 0.341 e. The molecule has 122 valence electrons. The second-order valence-electron chi connectivity index (χ2n) is 5.94. The summed E-state index contributed by atoms with van der Waals surface area (Å²) >= 11 is 1.68. The number of nitrogens with zero attached hydrogens (tertiary/aromatic N) is 1. The molecular weight excluding hydrogens is 314 g/mol. The lowest BCUT2D eigenvalue weighted by molar-refractivity contribution is -0.130. The third kappa shape index (κ3) is 4.33. The Labute approximate surface area is 147 Å². The van der Waals surface area contributed by atoms with Crippen molar-refractivity contribution in [3.05, 3.63) is 82.6 Å². The summed E-state index contributed by atoms with van der Waals surface area (Å²) in [5, 5.41) is 4.16. The fourth-order valence-corrected chi connectivity index (χ4v) is 3.38. The van der Waals surface area contributed by atoms with E-state index in [2.05, 4.69) is 53.2 Å². The smallest absolute Gasteiger partial charge is 0.222 e. The number of benzene rings is 2. The first-order chi connectivity index (χ1) is 11.7. The minimum atomic E-state index is 0.188. The standard InChI is InChI=1S/C21H21NOS/c1-22(21(23)12-9-18-13-14-24-16-18)15-17-7-10-20(11-8-17)19-5-3-2-4-6-19/h2-8,10-11,13-14,16H,9,12,15H2,1H3. The molecule has 3 heteroatoms. The van der Waals surface area contributed by atoms with Gasteiger partial charge >= 0.3 is 0 Å². The zero-order chi connectivity index (χ0) is 16.8. The molecule has 0 atom stereocenters. The van der Waals surface area contributed by atoms with E-state index in [0.29, 0.717) is 13.0 Å². The molecule has 0 saturated heterocycles. The van der Waals surface area contributed by atoms with Gasteiger partial charge in [-0.1, -0.05) is 54.6 Å². The molecule has 1 amide bonds. The molecule has 2 aromatic carbocycles. The highest BCUT2D eigenvalue weighted by Gasteiger charge is 2.10. The van der Waals surface area contributed by atoms with Gasteiger partial charge in [0.15, 0.2) is 0 Å². The van der Waals surface area contributed by atoms with Gasteiger partial charge < -0.3 is 4.90 Å². The van der Waals surface area contributed by atoms with E-state index in [1.54, 1.807) is 11.3 Å². The Bertz CT molecular complexity index is 763. The summed E-state index contributed by atoms with van der Waals surface area (Å²) < 4.78 is 0. The number of aryl methyl sites for hydroxylation is 1. The molecule has 0 fully saturated rings. The molecule has 0 unspecified atom stereocenters. The highest BCUT2D eigenvalue weighted by Crippen LogP contribution is 2.20. The number of carbonyl (C=O) groups is 1. The van der Waals surface area contributed by atoms with Crippen LogP contribution in [0.3, 0.4) is 0 Å². The Hall–Kier alpha value is -2.39. The summed E-state index contributed by atoms with van der Waals surface area (Å²) in [6, 6.07) is 20.9. The number of hydrogen-bond donors (Lipinski definition) is 0. The van der Waals surface area contributed by atoms with E-state index in [0.717, 1.165) is 12.0 Å². The van der Waals surface area contributed by atoms with Gasteiger partial charge in [0, 0.05) is 20.0 Å². The second kappa shape index (κ2) is 7.93. The molecule has 0 N–H and O–H groups in total. The number of thiophene rings is 1. The molecule has 3 aromatic rings. The molecule has 3 rings (SSSR count). The van der Waals surface area contributed by atoms with Gasteiger partial charge in [0.2, 0.25) is 5.91 Å². The van der Waals surface area contributed by atoms with Crippen LogP contribution in [0.2, 0.25) is 0 Å². The van der Waals surface area contributed by atoms with Gasteiger partial charge in [-0.2, -0.15) is 11.3 Å². The molecule has 0 radical (unpaired) electrons. The molecular formula is C21H21NOS. The molecule has 0 aliphatic carbocycles. The third-order valence-electron chi connectivity index (χ3n) is 4.11. The Balaban J connectivity index is 1.56. The molecule has 0 aliphatic rings. The predicted molar refractivity (Wildman–Crippen MR) is 101 cm³/mol. The van der Waals surface area contributed by atoms with Gasteiger partial charge in [-0.05, 0) is 45.5 Å². The molecule has 24 heavy (non-hydrogen) atoms. The minimum Gasteiger partial charge on any atom is -0.341 e. The van der Waals surface area contributed by atoms with E-state index in [4.69, 9.17) is 0 Å². The summed E-state index contributed by atoms with van der Waals surface area (Å²) in [5.41, 5.74) is 4.81. The van der Waals surface area contributed by atoms with Gasteiger partial charge in [0.05, 0.1) is 0 Å². The van der Waals surface area contributed by atoms with E-state index in [9.17, 15) is 4.79 Å². The normalized spacial score (nSPS) is 10.5. The maximum atomic E-state index is 12.3. The number of carbonyl (C=O) groups excluding carboxylic acids is 1. The fraction of sp³-hybridized carbons (Fsp3) is 0.190. The van der Waals surface area contributed by atoms with Crippen molar-refractivity contribution in [2.75, 3.05) is 7.05 Å². The van der Waals surface area contributed by atoms with Crippen molar-refractivity contribution in [3.8, 4) is 11.1 Å². The van der Waals surface area contributed by atoms with E-state index < -0.39 is 0 Å². The van der Waals surface area contributed by atoms with Gasteiger partial charge in [0.1, 0.15) is 0 Å². The maximum Gasteiger partial charge on any atom is 0.222 e. The number of amides is 1. The van der Waals surface area contributed by atoms with Crippen molar-refractivity contribution in [2.45, 2.75) is 19.4 Å². The van der Waals surface area contributed by atoms with Gasteiger partial charge in [-0.15, -0.1) is 0 Å². The van der Waals surface area contributed by atoms with Gasteiger partial charge in [-0.25, -0.2) is 0 Å². The number of rotatable bonds is 6. The topological polar surface area (TPSA) is 20.3 Å². The van der Waals surface area contributed by atoms with Crippen LogP contribution in [-0.4, -0.2) is 17.9 Å². The Morgan fingerprint density at radius 1 is 0.917 bits per heavy atom. The first-order valence-corrected chi connectivity index (χ1v) is 9.06. The molecule has 0 spiro atoms. The third-order valence-corrected chi connectivity index (χ3v) is 4.85.